The lowest BCUT2D eigenvalue weighted by Crippen LogP contribution is -2.18. The van der Waals surface area contributed by atoms with E-state index in [0.29, 0.717) is 35.6 Å². The monoisotopic (exact) mass is 420 g/mol. The number of rotatable bonds is 5. The van der Waals surface area contributed by atoms with Crippen molar-refractivity contribution in [3.8, 4) is 11.3 Å². The smallest absolute Gasteiger partial charge is 0.256 e. The van der Waals surface area contributed by atoms with Crippen molar-refractivity contribution in [2.24, 2.45) is 5.18 Å². The van der Waals surface area contributed by atoms with Crippen LogP contribution in [0.1, 0.15) is 32.9 Å². The summed E-state index contributed by atoms with van der Waals surface area (Å²) >= 11 is 0. The van der Waals surface area contributed by atoms with E-state index < -0.39 is 0 Å². The number of aryl methyl sites for hydroxylation is 2. The first-order chi connectivity index (χ1) is 15.7. The second-order valence-electron chi connectivity index (χ2n) is 7.73. The van der Waals surface area contributed by atoms with E-state index in [1.165, 1.54) is 0 Å². The van der Waals surface area contributed by atoms with Crippen molar-refractivity contribution in [2.75, 3.05) is 5.32 Å². The highest BCUT2D eigenvalue weighted by atomic mass is 16.3. The number of amides is 1. The Hall–Kier alpha value is -4.19. The molecule has 156 valence electrons. The minimum Gasteiger partial charge on any atom is -0.305 e. The third-order valence-corrected chi connectivity index (χ3v) is 5.60. The van der Waals surface area contributed by atoms with Crippen molar-refractivity contribution < 1.29 is 4.79 Å². The fraction of sp³-hybridized carbons (Fsp3) is 0.115. The first kappa shape index (κ1) is 19.8. The highest BCUT2D eigenvalue weighted by Crippen LogP contribution is 2.35. The third-order valence-electron chi connectivity index (χ3n) is 5.60. The molecule has 0 aliphatic heterocycles. The average molecular weight is 420 g/mol. The van der Waals surface area contributed by atoms with Crippen LogP contribution in [-0.4, -0.2) is 15.9 Å². The van der Waals surface area contributed by atoms with Crippen molar-refractivity contribution in [3.63, 3.8) is 0 Å². The van der Waals surface area contributed by atoms with Gasteiger partial charge in [-0.15, -0.1) is 4.91 Å². The molecule has 6 heteroatoms. The summed E-state index contributed by atoms with van der Waals surface area (Å²) in [5, 5.41) is 6.02. The van der Waals surface area contributed by atoms with Gasteiger partial charge >= 0.3 is 0 Å². The third kappa shape index (κ3) is 3.90. The Balaban J connectivity index is 1.58. The molecule has 1 heterocycles. The highest BCUT2D eigenvalue weighted by molar-refractivity contribution is 6.04. The van der Waals surface area contributed by atoms with E-state index in [0.717, 1.165) is 34.5 Å². The zero-order chi connectivity index (χ0) is 21.9. The van der Waals surface area contributed by atoms with Gasteiger partial charge in [-0.05, 0) is 53.4 Å². The van der Waals surface area contributed by atoms with Gasteiger partial charge in [0.15, 0.2) is 5.82 Å². The number of anilines is 1. The molecule has 6 nitrogen and oxygen atoms in total. The van der Waals surface area contributed by atoms with Gasteiger partial charge < -0.3 is 5.32 Å². The molecule has 5 rings (SSSR count). The summed E-state index contributed by atoms with van der Waals surface area (Å²) in [6, 6.07) is 24.5. The first-order valence-corrected chi connectivity index (χ1v) is 10.5. The molecule has 0 unspecified atom stereocenters. The van der Waals surface area contributed by atoms with E-state index in [1.807, 2.05) is 60.7 Å². The average Bonchev–Trinajstić information content (AvgIpc) is 2.85. The Bertz CT molecular complexity index is 1300. The van der Waals surface area contributed by atoms with Gasteiger partial charge in [0.1, 0.15) is 5.69 Å². The van der Waals surface area contributed by atoms with Crippen LogP contribution < -0.4 is 5.32 Å². The minimum atomic E-state index is -0.216. The van der Waals surface area contributed by atoms with Crippen LogP contribution in [0, 0.1) is 4.91 Å². The largest absolute Gasteiger partial charge is 0.305 e. The van der Waals surface area contributed by atoms with Gasteiger partial charge in [-0.3, -0.25) is 4.79 Å². The van der Waals surface area contributed by atoms with Crippen LogP contribution >= 0.6 is 0 Å². The molecule has 0 atom stereocenters. The topological polar surface area (TPSA) is 84.3 Å². The Morgan fingerprint density at radius 3 is 2.41 bits per heavy atom. The summed E-state index contributed by atoms with van der Waals surface area (Å²) in [4.78, 5) is 33.6. The normalized spacial score (nSPS) is 11.9. The summed E-state index contributed by atoms with van der Waals surface area (Å²) < 4.78 is 0. The maximum absolute atomic E-state index is 12.8. The molecule has 0 radical (unpaired) electrons. The number of hydrogen-bond acceptors (Lipinski definition) is 5. The lowest BCUT2D eigenvalue weighted by atomic mass is 9.91. The molecule has 0 saturated carbocycles. The molecule has 3 aromatic carbocycles. The number of nitrogens with zero attached hydrogens (tertiary/aromatic N) is 3. The van der Waals surface area contributed by atoms with Crippen molar-refractivity contribution in [3.05, 3.63) is 112 Å². The molecule has 0 spiro atoms. The molecule has 32 heavy (non-hydrogen) atoms. The lowest BCUT2D eigenvalue weighted by Gasteiger charge is -2.21. The van der Waals surface area contributed by atoms with Crippen molar-refractivity contribution in [1.29, 1.82) is 0 Å². The van der Waals surface area contributed by atoms with Crippen LogP contribution in [0.5, 0.6) is 0 Å². The Kier molecular flexibility index (Phi) is 5.25. The maximum Gasteiger partial charge on any atom is 0.256 e. The lowest BCUT2D eigenvalue weighted by molar-refractivity contribution is 0.102. The van der Waals surface area contributed by atoms with Crippen LogP contribution in [0.2, 0.25) is 0 Å². The molecule has 0 bridgehead atoms. The van der Waals surface area contributed by atoms with Crippen LogP contribution in [0.15, 0.2) is 84.0 Å². The van der Waals surface area contributed by atoms with Crippen LogP contribution in [0.3, 0.4) is 0 Å². The molecule has 1 aliphatic carbocycles. The molecular formula is C26H20N4O2. The van der Waals surface area contributed by atoms with E-state index in [2.05, 4.69) is 10.5 Å². The number of fused-ring (bicyclic) bond motifs is 3. The standard InChI is InChI=1S/C26H20N4O2/c31-26(18-9-5-2-6-10-18)29-25-23(15-17-7-3-1-4-8-17)27-24-21-13-12-20(30-32)16-19(21)11-14-22(24)28-25/h1-10,12-13,16H,11,14-15H2,(H,28,29,31). The Morgan fingerprint density at radius 1 is 0.906 bits per heavy atom. The zero-order valence-electron chi connectivity index (χ0n) is 17.3. The maximum atomic E-state index is 12.8. The van der Waals surface area contributed by atoms with Crippen LogP contribution in [-0.2, 0) is 19.3 Å². The molecule has 1 aromatic heterocycles. The number of carbonyl (C=O) groups is 1. The van der Waals surface area contributed by atoms with Gasteiger partial charge in [-0.2, -0.15) is 0 Å². The van der Waals surface area contributed by atoms with E-state index in [4.69, 9.17) is 9.97 Å². The minimum absolute atomic E-state index is 0.216. The molecule has 4 aromatic rings. The SMILES string of the molecule is O=Nc1ccc2c(c1)CCc1nc(NC(=O)c3ccccc3)c(Cc3ccccc3)nc1-2. The summed E-state index contributed by atoms with van der Waals surface area (Å²) in [5.41, 5.74) is 6.39. The molecule has 1 amide bonds. The van der Waals surface area contributed by atoms with Gasteiger partial charge in [0, 0.05) is 17.5 Å². The number of nitroso groups, excluding NO2 is 1. The fourth-order valence-corrected chi connectivity index (χ4v) is 4.00. The van der Waals surface area contributed by atoms with Crippen molar-refractivity contribution in [2.45, 2.75) is 19.3 Å². The Labute approximate surface area is 185 Å². The van der Waals surface area contributed by atoms with E-state index >= 15 is 0 Å². The Morgan fingerprint density at radius 2 is 1.66 bits per heavy atom. The second-order valence-corrected chi connectivity index (χ2v) is 7.73. The van der Waals surface area contributed by atoms with Gasteiger partial charge in [0.05, 0.1) is 17.1 Å². The number of nitrogens with one attached hydrogen (secondary N) is 1. The van der Waals surface area contributed by atoms with Crippen molar-refractivity contribution in [1.82, 2.24) is 9.97 Å². The summed E-state index contributed by atoms with van der Waals surface area (Å²) in [5.74, 6) is 0.267. The summed E-state index contributed by atoms with van der Waals surface area (Å²) in [6.45, 7) is 0. The van der Waals surface area contributed by atoms with Gasteiger partial charge in [0.25, 0.3) is 5.91 Å². The quantitative estimate of drug-likeness (QED) is 0.433. The second kappa shape index (κ2) is 8.51. The number of carbonyl (C=O) groups excluding carboxylic acids is 1. The molecule has 1 aliphatic rings. The first-order valence-electron chi connectivity index (χ1n) is 10.5. The van der Waals surface area contributed by atoms with E-state index in [1.54, 1.807) is 18.2 Å². The van der Waals surface area contributed by atoms with Gasteiger partial charge in [-0.1, -0.05) is 54.6 Å². The summed E-state index contributed by atoms with van der Waals surface area (Å²) in [7, 11) is 0. The van der Waals surface area contributed by atoms with E-state index in [-0.39, 0.29) is 5.91 Å². The summed E-state index contributed by atoms with van der Waals surface area (Å²) in [6.07, 6.45) is 1.96. The molecular weight excluding hydrogens is 400 g/mol. The molecule has 0 fully saturated rings. The van der Waals surface area contributed by atoms with Gasteiger partial charge in [-0.25, -0.2) is 9.97 Å². The number of aromatic nitrogens is 2. The van der Waals surface area contributed by atoms with Crippen molar-refractivity contribution >= 4 is 17.4 Å². The van der Waals surface area contributed by atoms with Crippen LogP contribution in [0.4, 0.5) is 11.5 Å². The molecule has 1 N–H and O–H groups in total. The van der Waals surface area contributed by atoms with Gasteiger partial charge in [0.2, 0.25) is 0 Å². The van der Waals surface area contributed by atoms with Crippen LogP contribution in [0.25, 0.3) is 11.3 Å². The highest BCUT2D eigenvalue weighted by Gasteiger charge is 2.23. The number of hydrogen-bond donors (Lipinski definition) is 1. The fourth-order valence-electron chi connectivity index (χ4n) is 4.00. The number of benzene rings is 3. The zero-order valence-corrected chi connectivity index (χ0v) is 17.3. The van der Waals surface area contributed by atoms with E-state index in [9.17, 15) is 9.70 Å². The predicted octanol–water partition coefficient (Wildman–Crippen LogP) is 5.48. The predicted molar refractivity (Wildman–Crippen MR) is 124 cm³/mol. The molecule has 0 saturated heterocycles.